The van der Waals surface area contributed by atoms with Crippen molar-refractivity contribution in [2.45, 2.75) is 25.8 Å². The van der Waals surface area contributed by atoms with Crippen LogP contribution in [0.5, 0.6) is 0 Å². The van der Waals surface area contributed by atoms with E-state index in [1.807, 2.05) is 41.3 Å². The van der Waals surface area contributed by atoms with Crippen molar-refractivity contribution >= 4 is 28.1 Å². The number of benzene rings is 1. The van der Waals surface area contributed by atoms with Crippen LogP contribution in [0.1, 0.15) is 17.2 Å². The second-order valence-corrected chi connectivity index (χ2v) is 7.49. The van der Waals surface area contributed by atoms with Gasteiger partial charge in [0, 0.05) is 48.5 Å². The van der Waals surface area contributed by atoms with E-state index in [2.05, 4.69) is 25.5 Å². The number of anilines is 3. The molecule has 3 aromatic heterocycles. The van der Waals surface area contributed by atoms with Gasteiger partial charge in [-0.1, -0.05) is 18.2 Å². The second kappa shape index (κ2) is 7.66. The van der Waals surface area contributed by atoms with Crippen molar-refractivity contribution in [3.05, 3.63) is 66.0 Å². The Morgan fingerprint density at radius 2 is 1.88 bits per heavy atom. The van der Waals surface area contributed by atoms with Crippen LogP contribution in [0.2, 0.25) is 0 Å². The summed E-state index contributed by atoms with van der Waals surface area (Å²) in [7, 11) is 0. The molecule has 0 saturated heterocycles. The number of nitrogens with one attached hydrogen (secondary N) is 1. The molecular formula is C21H19F3N8. The van der Waals surface area contributed by atoms with Crippen LogP contribution < -0.4 is 16.0 Å². The van der Waals surface area contributed by atoms with Gasteiger partial charge in [0.1, 0.15) is 11.6 Å². The molecule has 0 aliphatic carbocycles. The molecule has 0 atom stereocenters. The van der Waals surface area contributed by atoms with E-state index >= 15 is 0 Å². The second-order valence-electron chi connectivity index (χ2n) is 7.49. The Hall–Kier alpha value is -3.89. The summed E-state index contributed by atoms with van der Waals surface area (Å²) < 4.78 is 40.2. The fourth-order valence-electron chi connectivity index (χ4n) is 3.85. The number of alkyl halides is 3. The molecule has 1 aromatic carbocycles. The molecule has 0 amide bonds. The SMILES string of the molecule is Nc1nccc2c(NCc3ccc(N4CCn5c(nnc5C(F)(F)F)C4)nc3)cccc12. The lowest BCUT2D eigenvalue weighted by molar-refractivity contribution is -0.147. The van der Waals surface area contributed by atoms with Gasteiger partial charge in [0.25, 0.3) is 0 Å². The maximum absolute atomic E-state index is 13.0. The summed E-state index contributed by atoms with van der Waals surface area (Å²) in [6.07, 6.45) is -1.08. The first-order valence-corrected chi connectivity index (χ1v) is 9.96. The molecule has 1 aliphatic rings. The van der Waals surface area contributed by atoms with Crippen molar-refractivity contribution in [1.82, 2.24) is 24.7 Å². The Labute approximate surface area is 180 Å². The molecule has 8 nitrogen and oxygen atoms in total. The predicted octanol–water partition coefficient (Wildman–Crippen LogP) is 3.45. The lowest BCUT2D eigenvalue weighted by Crippen LogP contribution is -2.35. The van der Waals surface area contributed by atoms with Crippen LogP contribution in [0.25, 0.3) is 10.8 Å². The summed E-state index contributed by atoms with van der Waals surface area (Å²) in [5.41, 5.74) is 7.86. The molecule has 0 radical (unpaired) electrons. The highest BCUT2D eigenvalue weighted by molar-refractivity contribution is 5.99. The van der Waals surface area contributed by atoms with E-state index < -0.39 is 12.0 Å². The number of pyridine rings is 2. The van der Waals surface area contributed by atoms with Crippen molar-refractivity contribution in [3.63, 3.8) is 0 Å². The Morgan fingerprint density at radius 1 is 1.00 bits per heavy atom. The molecule has 0 unspecified atom stereocenters. The summed E-state index contributed by atoms with van der Waals surface area (Å²) in [5, 5.41) is 12.3. The van der Waals surface area contributed by atoms with Crippen LogP contribution >= 0.6 is 0 Å². The summed E-state index contributed by atoms with van der Waals surface area (Å²) in [6.45, 7) is 1.32. The number of nitrogen functional groups attached to an aromatic ring is 1. The highest BCUT2D eigenvalue weighted by atomic mass is 19.4. The van der Waals surface area contributed by atoms with Gasteiger partial charge in [-0.2, -0.15) is 13.2 Å². The normalized spacial score (nSPS) is 13.9. The quantitative estimate of drug-likeness (QED) is 0.502. The highest BCUT2D eigenvalue weighted by Gasteiger charge is 2.39. The Balaban J connectivity index is 1.28. The largest absolute Gasteiger partial charge is 0.451 e. The molecule has 1 aliphatic heterocycles. The first-order valence-electron chi connectivity index (χ1n) is 9.96. The number of hydrogen-bond donors (Lipinski definition) is 2. The molecule has 0 saturated carbocycles. The first-order chi connectivity index (χ1) is 15.4. The molecule has 0 bridgehead atoms. The van der Waals surface area contributed by atoms with Gasteiger partial charge in [0.15, 0.2) is 5.82 Å². The van der Waals surface area contributed by atoms with Gasteiger partial charge in [-0.25, -0.2) is 9.97 Å². The van der Waals surface area contributed by atoms with Crippen molar-refractivity contribution in [2.24, 2.45) is 0 Å². The minimum absolute atomic E-state index is 0.154. The number of nitrogens with two attached hydrogens (primary N) is 1. The average molecular weight is 440 g/mol. The van der Waals surface area contributed by atoms with Gasteiger partial charge in [0.05, 0.1) is 6.54 Å². The van der Waals surface area contributed by atoms with E-state index in [4.69, 9.17) is 5.73 Å². The van der Waals surface area contributed by atoms with Crippen molar-refractivity contribution < 1.29 is 13.2 Å². The highest BCUT2D eigenvalue weighted by Crippen LogP contribution is 2.30. The summed E-state index contributed by atoms with van der Waals surface area (Å²) in [5.74, 6) is 0.491. The van der Waals surface area contributed by atoms with Crippen molar-refractivity contribution in [2.75, 3.05) is 22.5 Å². The molecule has 5 rings (SSSR count). The number of rotatable bonds is 4. The monoisotopic (exact) mass is 440 g/mol. The van der Waals surface area contributed by atoms with Crippen LogP contribution in [-0.2, 0) is 25.8 Å². The van der Waals surface area contributed by atoms with Gasteiger partial charge < -0.3 is 20.5 Å². The van der Waals surface area contributed by atoms with Gasteiger partial charge in [-0.05, 0) is 23.8 Å². The maximum Gasteiger partial charge on any atom is 0.451 e. The smallest absolute Gasteiger partial charge is 0.383 e. The summed E-state index contributed by atoms with van der Waals surface area (Å²) in [4.78, 5) is 10.5. The summed E-state index contributed by atoms with van der Waals surface area (Å²) >= 11 is 0. The third kappa shape index (κ3) is 3.66. The number of halogens is 3. The van der Waals surface area contributed by atoms with E-state index in [0.717, 1.165) is 26.6 Å². The lowest BCUT2D eigenvalue weighted by Gasteiger charge is -2.29. The van der Waals surface area contributed by atoms with Crippen molar-refractivity contribution in [3.8, 4) is 0 Å². The Bertz CT molecular complexity index is 1270. The van der Waals surface area contributed by atoms with E-state index in [0.29, 0.717) is 24.7 Å². The van der Waals surface area contributed by atoms with Crippen LogP contribution in [-0.4, -0.2) is 31.3 Å². The van der Waals surface area contributed by atoms with Gasteiger partial charge in [-0.15, -0.1) is 10.2 Å². The molecule has 0 fully saturated rings. The third-order valence-corrected chi connectivity index (χ3v) is 5.46. The van der Waals surface area contributed by atoms with E-state index in [1.54, 1.807) is 12.4 Å². The van der Waals surface area contributed by atoms with E-state index in [9.17, 15) is 13.2 Å². The Kier molecular flexibility index (Phi) is 4.80. The molecule has 164 valence electrons. The number of nitrogens with zero attached hydrogens (tertiary/aromatic N) is 6. The standard InChI is InChI=1S/C21H19F3N8/c22-21(23,24)20-30-29-18-12-31(8-9-32(18)20)17-5-4-13(11-28-17)10-27-16-3-1-2-15-14(16)6-7-26-19(15)25/h1-7,11,27H,8-10,12H2,(H2,25,26). The molecule has 11 heteroatoms. The zero-order chi connectivity index (χ0) is 22.3. The topological polar surface area (TPSA) is 97.8 Å². The molecular weight excluding hydrogens is 421 g/mol. The van der Waals surface area contributed by atoms with Crippen LogP contribution in [0.15, 0.2) is 48.8 Å². The fourth-order valence-corrected chi connectivity index (χ4v) is 3.85. The molecule has 4 aromatic rings. The number of fused-ring (bicyclic) bond motifs is 2. The zero-order valence-electron chi connectivity index (χ0n) is 16.8. The maximum atomic E-state index is 13.0. The molecule has 0 spiro atoms. The molecule has 3 N–H and O–H groups in total. The summed E-state index contributed by atoms with van der Waals surface area (Å²) in [6, 6.07) is 11.5. The minimum Gasteiger partial charge on any atom is -0.383 e. The third-order valence-electron chi connectivity index (χ3n) is 5.46. The van der Waals surface area contributed by atoms with Crippen LogP contribution in [0.3, 0.4) is 0 Å². The van der Waals surface area contributed by atoms with Crippen LogP contribution in [0, 0.1) is 0 Å². The lowest BCUT2D eigenvalue weighted by atomic mass is 10.1. The molecule has 4 heterocycles. The van der Waals surface area contributed by atoms with Crippen LogP contribution in [0.4, 0.5) is 30.5 Å². The predicted molar refractivity (Wildman–Crippen MR) is 114 cm³/mol. The molecule has 32 heavy (non-hydrogen) atoms. The van der Waals surface area contributed by atoms with Gasteiger partial charge in [0.2, 0.25) is 5.82 Å². The van der Waals surface area contributed by atoms with Crippen molar-refractivity contribution in [1.29, 1.82) is 0 Å². The number of aromatic nitrogens is 5. The average Bonchev–Trinajstić information content (AvgIpc) is 3.22. The number of hydrogen-bond acceptors (Lipinski definition) is 7. The van der Waals surface area contributed by atoms with E-state index in [1.165, 1.54) is 0 Å². The van der Waals surface area contributed by atoms with E-state index in [-0.39, 0.29) is 18.9 Å². The fraction of sp³-hybridized carbons (Fsp3) is 0.238. The minimum atomic E-state index is -4.51. The zero-order valence-corrected chi connectivity index (χ0v) is 16.8. The van der Waals surface area contributed by atoms with Gasteiger partial charge in [-0.3, -0.25) is 0 Å². The van der Waals surface area contributed by atoms with Gasteiger partial charge >= 0.3 is 6.18 Å². The Morgan fingerprint density at radius 3 is 2.66 bits per heavy atom. The first kappa shape index (κ1) is 20.0.